The summed E-state index contributed by atoms with van der Waals surface area (Å²) in [6.45, 7) is 0.643. The molecule has 2 aromatic carbocycles. The molecule has 0 amide bonds. The van der Waals surface area contributed by atoms with Gasteiger partial charge in [0.05, 0.1) is 6.20 Å². The minimum Gasteiger partial charge on any atom is -0.365 e. The third-order valence-electron chi connectivity index (χ3n) is 3.38. The van der Waals surface area contributed by atoms with Gasteiger partial charge in [-0.05, 0) is 29.8 Å². The number of anilines is 3. The molecule has 0 saturated carbocycles. The number of hydrogen-bond acceptors (Lipinski definition) is 5. The van der Waals surface area contributed by atoms with Gasteiger partial charge in [-0.2, -0.15) is 10.1 Å². The van der Waals surface area contributed by atoms with E-state index in [0.29, 0.717) is 18.3 Å². The zero-order chi connectivity index (χ0) is 16.1. The Hall–Kier alpha value is -2.66. The van der Waals surface area contributed by atoms with E-state index in [1.807, 2.05) is 66.5 Å². The summed E-state index contributed by atoms with van der Waals surface area (Å²) >= 11 is 5.89. The molecular formula is C17H16ClN5. The Balaban J connectivity index is 1.71. The zero-order valence-corrected chi connectivity index (χ0v) is 13.4. The first-order valence-corrected chi connectivity index (χ1v) is 7.57. The van der Waals surface area contributed by atoms with Crippen LogP contribution in [0.5, 0.6) is 0 Å². The van der Waals surface area contributed by atoms with Gasteiger partial charge in [-0.15, -0.1) is 5.10 Å². The van der Waals surface area contributed by atoms with E-state index in [-0.39, 0.29) is 0 Å². The molecule has 3 rings (SSSR count). The Morgan fingerprint density at radius 1 is 1.04 bits per heavy atom. The highest BCUT2D eigenvalue weighted by atomic mass is 35.5. The van der Waals surface area contributed by atoms with Crippen molar-refractivity contribution < 1.29 is 0 Å². The predicted molar refractivity (Wildman–Crippen MR) is 93.1 cm³/mol. The molecule has 0 radical (unpaired) electrons. The Labute approximate surface area is 140 Å². The van der Waals surface area contributed by atoms with E-state index in [1.165, 1.54) is 0 Å². The number of aromatic nitrogens is 3. The van der Waals surface area contributed by atoms with E-state index in [1.54, 1.807) is 6.20 Å². The fourth-order valence-corrected chi connectivity index (χ4v) is 2.21. The molecule has 6 heteroatoms. The lowest BCUT2D eigenvalue weighted by molar-refractivity contribution is 0.921. The van der Waals surface area contributed by atoms with Gasteiger partial charge in [-0.1, -0.05) is 41.9 Å². The van der Waals surface area contributed by atoms with Crippen molar-refractivity contribution in [3.63, 3.8) is 0 Å². The third kappa shape index (κ3) is 3.96. The average Bonchev–Trinajstić information content (AvgIpc) is 2.61. The molecular weight excluding hydrogens is 310 g/mol. The van der Waals surface area contributed by atoms with Crippen molar-refractivity contribution in [1.82, 2.24) is 15.2 Å². The van der Waals surface area contributed by atoms with Crippen LogP contribution >= 0.6 is 11.6 Å². The Kier molecular flexibility index (Phi) is 4.68. The van der Waals surface area contributed by atoms with Gasteiger partial charge in [0.25, 0.3) is 5.95 Å². The first kappa shape index (κ1) is 15.2. The second-order valence-corrected chi connectivity index (χ2v) is 5.45. The van der Waals surface area contributed by atoms with Crippen molar-refractivity contribution in [3.05, 3.63) is 71.4 Å². The molecule has 3 aromatic rings. The summed E-state index contributed by atoms with van der Waals surface area (Å²) < 4.78 is 0. The lowest BCUT2D eigenvalue weighted by atomic mass is 10.2. The van der Waals surface area contributed by atoms with Gasteiger partial charge >= 0.3 is 0 Å². The molecule has 1 N–H and O–H groups in total. The molecule has 116 valence electrons. The molecule has 0 atom stereocenters. The summed E-state index contributed by atoms with van der Waals surface area (Å²) in [7, 11) is 1.91. The topological polar surface area (TPSA) is 53.9 Å². The fourth-order valence-electron chi connectivity index (χ4n) is 2.08. The maximum absolute atomic E-state index is 5.89. The normalized spacial score (nSPS) is 10.3. The first-order chi connectivity index (χ1) is 11.2. The first-order valence-electron chi connectivity index (χ1n) is 7.19. The van der Waals surface area contributed by atoms with Gasteiger partial charge in [-0.3, -0.25) is 0 Å². The van der Waals surface area contributed by atoms with E-state index < -0.39 is 0 Å². The summed E-state index contributed by atoms with van der Waals surface area (Å²) in [6.07, 6.45) is 1.61. The third-order valence-corrected chi connectivity index (χ3v) is 3.63. The Morgan fingerprint density at radius 2 is 1.78 bits per heavy atom. The summed E-state index contributed by atoms with van der Waals surface area (Å²) in [5, 5.41) is 12.1. The molecule has 0 unspecified atom stereocenters. The van der Waals surface area contributed by atoms with Crippen LogP contribution in [0.15, 0.2) is 60.8 Å². The van der Waals surface area contributed by atoms with Crippen molar-refractivity contribution in [2.24, 2.45) is 0 Å². The molecule has 0 fully saturated rings. The number of para-hydroxylation sites is 1. The van der Waals surface area contributed by atoms with E-state index in [4.69, 9.17) is 11.6 Å². The second kappa shape index (κ2) is 7.07. The maximum Gasteiger partial charge on any atom is 0.251 e. The fraction of sp³-hybridized carbons (Fsp3) is 0.118. The van der Waals surface area contributed by atoms with E-state index in [2.05, 4.69) is 20.5 Å². The van der Waals surface area contributed by atoms with Crippen LogP contribution in [0.25, 0.3) is 0 Å². The number of hydrogen-bond donors (Lipinski definition) is 1. The van der Waals surface area contributed by atoms with Crippen LogP contribution in [0.2, 0.25) is 5.02 Å². The van der Waals surface area contributed by atoms with Gasteiger partial charge in [0.1, 0.15) is 0 Å². The van der Waals surface area contributed by atoms with E-state index >= 15 is 0 Å². The second-order valence-electron chi connectivity index (χ2n) is 5.02. The zero-order valence-electron chi connectivity index (χ0n) is 12.6. The van der Waals surface area contributed by atoms with Crippen LogP contribution in [-0.2, 0) is 6.54 Å². The van der Waals surface area contributed by atoms with Gasteiger partial charge in [0.2, 0.25) is 0 Å². The Bertz CT molecular complexity index is 761. The SMILES string of the molecule is CN(c1ccccc1)c1nncc(NCc2ccc(Cl)cc2)n1. The smallest absolute Gasteiger partial charge is 0.251 e. The summed E-state index contributed by atoms with van der Waals surface area (Å²) in [5.74, 6) is 1.21. The number of halogens is 1. The number of benzene rings is 2. The van der Waals surface area contributed by atoms with Crippen molar-refractivity contribution in [2.45, 2.75) is 6.54 Å². The largest absolute Gasteiger partial charge is 0.365 e. The van der Waals surface area contributed by atoms with Crippen LogP contribution < -0.4 is 10.2 Å². The summed E-state index contributed by atoms with van der Waals surface area (Å²) in [4.78, 5) is 6.39. The quantitative estimate of drug-likeness (QED) is 0.771. The average molecular weight is 326 g/mol. The highest BCUT2D eigenvalue weighted by Gasteiger charge is 2.08. The molecule has 0 aliphatic heterocycles. The molecule has 1 heterocycles. The lowest BCUT2D eigenvalue weighted by Crippen LogP contribution is -2.15. The molecule has 1 aromatic heterocycles. The van der Waals surface area contributed by atoms with Crippen molar-refractivity contribution in [2.75, 3.05) is 17.3 Å². The van der Waals surface area contributed by atoms with Crippen LogP contribution in [0.1, 0.15) is 5.56 Å². The molecule has 23 heavy (non-hydrogen) atoms. The van der Waals surface area contributed by atoms with Crippen LogP contribution in [-0.4, -0.2) is 22.2 Å². The highest BCUT2D eigenvalue weighted by molar-refractivity contribution is 6.30. The lowest BCUT2D eigenvalue weighted by Gasteiger charge is -2.17. The maximum atomic E-state index is 5.89. The predicted octanol–water partition coefficient (Wildman–Crippen LogP) is 3.91. The number of nitrogens with zero attached hydrogens (tertiary/aromatic N) is 4. The van der Waals surface area contributed by atoms with Crippen LogP contribution in [0.3, 0.4) is 0 Å². The summed E-state index contributed by atoms with van der Waals surface area (Å²) in [5.41, 5.74) is 2.12. The molecule has 0 spiro atoms. The van der Waals surface area contributed by atoms with Gasteiger partial charge in [-0.25, -0.2) is 0 Å². The minimum atomic E-state index is 0.539. The standard InChI is InChI=1S/C17H16ClN5/c1-23(15-5-3-2-4-6-15)17-21-16(12-20-22-17)19-11-13-7-9-14(18)10-8-13/h2-10,12H,11H2,1H3,(H,19,21,22). The van der Waals surface area contributed by atoms with Crippen molar-refractivity contribution in [1.29, 1.82) is 0 Å². The molecule has 0 aliphatic carbocycles. The Morgan fingerprint density at radius 3 is 2.52 bits per heavy atom. The number of nitrogens with one attached hydrogen (secondary N) is 1. The molecule has 0 saturated heterocycles. The van der Waals surface area contributed by atoms with Gasteiger partial charge in [0.15, 0.2) is 5.82 Å². The van der Waals surface area contributed by atoms with Crippen molar-refractivity contribution >= 4 is 29.1 Å². The van der Waals surface area contributed by atoms with Crippen LogP contribution in [0.4, 0.5) is 17.5 Å². The minimum absolute atomic E-state index is 0.539. The van der Waals surface area contributed by atoms with Gasteiger partial charge in [0, 0.05) is 24.3 Å². The summed E-state index contributed by atoms with van der Waals surface area (Å²) in [6, 6.07) is 17.6. The van der Waals surface area contributed by atoms with E-state index in [9.17, 15) is 0 Å². The number of rotatable bonds is 5. The molecule has 0 bridgehead atoms. The molecule has 5 nitrogen and oxygen atoms in total. The van der Waals surface area contributed by atoms with E-state index in [0.717, 1.165) is 16.3 Å². The van der Waals surface area contributed by atoms with Crippen LogP contribution in [0, 0.1) is 0 Å². The van der Waals surface area contributed by atoms with Crippen molar-refractivity contribution in [3.8, 4) is 0 Å². The van der Waals surface area contributed by atoms with Gasteiger partial charge < -0.3 is 10.2 Å². The highest BCUT2D eigenvalue weighted by Crippen LogP contribution is 2.19. The molecule has 0 aliphatic rings. The monoisotopic (exact) mass is 325 g/mol.